The molecule has 0 saturated heterocycles. The average molecular weight is 375 g/mol. The molecule has 0 saturated carbocycles. The molecule has 1 amide bonds. The second kappa shape index (κ2) is 8.14. The lowest BCUT2D eigenvalue weighted by molar-refractivity contribution is -0.129. The number of sulfone groups is 1. The molecule has 0 heterocycles. The van der Waals surface area contributed by atoms with Gasteiger partial charge < -0.3 is 10.1 Å². The third kappa shape index (κ3) is 4.92. The van der Waals surface area contributed by atoms with Crippen LogP contribution < -0.4 is 5.32 Å². The lowest BCUT2D eigenvalue weighted by Gasteiger charge is -2.18. The van der Waals surface area contributed by atoms with Crippen molar-refractivity contribution in [1.29, 1.82) is 0 Å². The quantitative estimate of drug-likeness (QED) is 0.784. The highest BCUT2D eigenvalue weighted by Crippen LogP contribution is 2.17. The van der Waals surface area contributed by atoms with E-state index >= 15 is 0 Å². The smallest absolute Gasteiger partial charge is 0.340 e. The normalized spacial score (nSPS) is 13.5. The molecule has 7 heteroatoms. The van der Waals surface area contributed by atoms with Crippen molar-refractivity contribution >= 4 is 21.7 Å². The highest BCUT2D eigenvalue weighted by Gasteiger charge is 2.24. The molecule has 0 aliphatic carbocycles. The molecule has 0 aromatic heterocycles. The minimum absolute atomic E-state index is 0.0919. The van der Waals surface area contributed by atoms with Crippen molar-refractivity contribution in [1.82, 2.24) is 5.32 Å². The lowest BCUT2D eigenvalue weighted by atomic mass is 10.1. The van der Waals surface area contributed by atoms with E-state index in [2.05, 4.69) is 5.32 Å². The predicted molar refractivity (Wildman–Crippen MR) is 97.4 cm³/mol. The number of ether oxygens (including phenoxy) is 1. The highest BCUT2D eigenvalue weighted by atomic mass is 32.2. The molecule has 2 aromatic rings. The van der Waals surface area contributed by atoms with Gasteiger partial charge in [0.2, 0.25) is 0 Å². The second-order valence-electron chi connectivity index (χ2n) is 5.96. The van der Waals surface area contributed by atoms with Gasteiger partial charge in [-0.1, -0.05) is 42.5 Å². The Bertz CT molecular complexity index is 893. The maximum absolute atomic E-state index is 12.3. The summed E-state index contributed by atoms with van der Waals surface area (Å²) < 4.78 is 28.7. The van der Waals surface area contributed by atoms with Crippen molar-refractivity contribution in [2.24, 2.45) is 0 Å². The zero-order chi connectivity index (χ0) is 19.3. The summed E-state index contributed by atoms with van der Waals surface area (Å²) in [4.78, 5) is 24.5. The Balaban J connectivity index is 2.07. The summed E-state index contributed by atoms with van der Waals surface area (Å²) in [7, 11) is -3.59. The van der Waals surface area contributed by atoms with E-state index in [4.69, 9.17) is 4.74 Å². The SMILES string of the molecule is CC(OC(=O)c1ccccc1S(C)(=O)=O)C(=O)NC(C)c1ccccc1. The van der Waals surface area contributed by atoms with Crippen LogP contribution in [-0.4, -0.2) is 32.7 Å². The molecule has 0 aliphatic heterocycles. The Morgan fingerprint density at radius 1 is 0.962 bits per heavy atom. The van der Waals surface area contributed by atoms with E-state index in [0.717, 1.165) is 11.8 Å². The van der Waals surface area contributed by atoms with Crippen LogP contribution in [0.5, 0.6) is 0 Å². The minimum Gasteiger partial charge on any atom is -0.449 e. The largest absolute Gasteiger partial charge is 0.449 e. The highest BCUT2D eigenvalue weighted by molar-refractivity contribution is 7.90. The first-order valence-electron chi connectivity index (χ1n) is 8.05. The standard InChI is InChI=1S/C19H21NO5S/c1-13(15-9-5-4-6-10-15)20-18(21)14(2)25-19(22)16-11-7-8-12-17(16)26(3,23)24/h4-14H,1-3H3,(H,20,21). The number of amides is 1. The molecule has 2 rings (SSSR count). The Labute approximate surface area is 153 Å². The van der Waals surface area contributed by atoms with Gasteiger partial charge in [-0.05, 0) is 31.5 Å². The van der Waals surface area contributed by atoms with Crippen molar-refractivity contribution in [2.45, 2.75) is 30.9 Å². The average Bonchev–Trinajstić information content (AvgIpc) is 2.61. The van der Waals surface area contributed by atoms with Crippen molar-refractivity contribution in [3.63, 3.8) is 0 Å². The van der Waals surface area contributed by atoms with E-state index in [0.29, 0.717) is 0 Å². The van der Waals surface area contributed by atoms with Crippen LogP contribution in [0.4, 0.5) is 0 Å². The van der Waals surface area contributed by atoms with Gasteiger partial charge in [-0.15, -0.1) is 0 Å². The number of carbonyl (C=O) groups excluding carboxylic acids is 2. The summed E-state index contributed by atoms with van der Waals surface area (Å²) in [6.07, 6.45) is -0.0576. The first kappa shape index (κ1) is 19.7. The molecule has 2 atom stereocenters. The van der Waals surface area contributed by atoms with Crippen LogP contribution in [-0.2, 0) is 19.4 Å². The maximum atomic E-state index is 12.3. The van der Waals surface area contributed by atoms with Crippen molar-refractivity contribution in [2.75, 3.05) is 6.26 Å². The summed E-state index contributed by atoms with van der Waals surface area (Å²) in [6, 6.07) is 14.8. The fourth-order valence-corrected chi connectivity index (χ4v) is 3.27. The molecular weight excluding hydrogens is 354 g/mol. The predicted octanol–water partition coefficient (Wildman–Crippen LogP) is 2.51. The van der Waals surface area contributed by atoms with Gasteiger partial charge in [0.05, 0.1) is 16.5 Å². The molecule has 6 nitrogen and oxygen atoms in total. The number of esters is 1. The van der Waals surface area contributed by atoms with E-state index in [1.807, 2.05) is 37.3 Å². The zero-order valence-electron chi connectivity index (χ0n) is 14.8. The van der Waals surface area contributed by atoms with E-state index in [-0.39, 0.29) is 16.5 Å². The third-order valence-corrected chi connectivity index (χ3v) is 4.97. The van der Waals surface area contributed by atoms with Gasteiger partial charge in [0.25, 0.3) is 5.91 Å². The third-order valence-electron chi connectivity index (χ3n) is 3.82. The fourth-order valence-electron chi connectivity index (χ4n) is 2.39. The van der Waals surface area contributed by atoms with Gasteiger partial charge in [-0.2, -0.15) is 0 Å². The number of nitrogens with one attached hydrogen (secondary N) is 1. The van der Waals surface area contributed by atoms with Gasteiger partial charge in [-0.25, -0.2) is 13.2 Å². The van der Waals surface area contributed by atoms with Gasteiger partial charge in [0.1, 0.15) is 0 Å². The van der Waals surface area contributed by atoms with Gasteiger partial charge in [0.15, 0.2) is 15.9 Å². The molecule has 2 aromatic carbocycles. The topological polar surface area (TPSA) is 89.5 Å². The first-order valence-corrected chi connectivity index (χ1v) is 9.94. The zero-order valence-corrected chi connectivity index (χ0v) is 15.6. The number of rotatable bonds is 6. The lowest BCUT2D eigenvalue weighted by Crippen LogP contribution is -2.37. The summed E-state index contributed by atoms with van der Waals surface area (Å²) in [6.45, 7) is 3.26. The van der Waals surface area contributed by atoms with E-state index in [1.165, 1.54) is 31.2 Å². The van der Waals surface area contributed by atoms with Crippen molar-refractivity contribution in [3.8, 4) is 0 Å². The van der Waals surface area contributed by atoms with Crippen molar-refractivity contribution < 1.29 is 22.7 Å². The molecule has 0 spiro atoms. The van der Waals surface area contributed by atoms with E-state index < -0.39 is 27.8 Å². The summed E-state index contributed by atoms with van der Waals surface area (Å²) >= 11 is 0. The number of hydrogen-bond donors (Lipinski definition) is 1. The van der Waals surface area contributed by atoms with Crippen LogP contribution in [0.3, 0.4) is 0 Å². The van der Waals surface area contributed by atoms with Crippen LogP contribution in [0.1, 0.15) is 35.8 Å². The first-order chi connectivity index (χ1) is 12.2. The summed E-state index contributed by atoms with van der Waals surface area (Å²) in [5.74, 6) is -1.33. The Morgan fingerprint density at radius 3 is 2.15 bits per heavy atom. The van der Waals surface area contributed by atoms with Crippen LogP contribution >= 0.6 is 0 Å². The summed E-state index contributed by atoms with van der Waals surface area (Å²) in [5, 5.41) is 2.76. The minimum atomic E-state index is -3.59. The van der Waals surface area contributed by atoms with Crippen LogP contribution in [0, 0.1) is 0 Å². The van der Waals surface area contributed by atoms with Gasteiger partial charge in [0, 0.05) is 6.26 Å². The Hall–Kier alpha value is -2.67. The second-order valence-corrected chi connectivity index (χ2v) is 7.94. The van der Waals surface area contributed by atoms with Gasteiger partial charge >= 0.3 is 5.97 Å². The molecular formula is C19H21NO5S. The summed E-state index contributed by atoms with van der Waals surface area (Å²) in [5.41, 5.74) is 0.826. The monoisotopic (exact) mass is 375 g/mol. The van der Waals surface area contributed by atoms with Crippen molar-refractivity contribution in [3.05, 3.63) is 65.7 Å². The fraction of sp³-hybridized carbons (Fsp3) is 0.263. The van der Waals surface area contributed by atoms with E-state index in [9.17, 15) is 18.0 Å². The number of carbonyl (C=O) groups is 2. The number of hydrogen-bond acceptors (Lipinski definition) is 5. The Kier molecular flexibility index (Phi) is 6.15. The van der Waals surface area contributed by atoms with E-state index in [1.54, 1.807) is 0 Å². The molecule has 1 N–H and O–H groups in total. The Morgan fingerprint density at radius 2 is 1.54 bits per heavy atom. The van der Waals surface area contributed by atoms with Crippen LogP contribution in [0.15, 0.2) is 59.5 Å². The van der Waals surface area contributed by atoms with Gasteiger partial charge in [-0.3, -0.25) is 4.79 Å². The molecule has 0 fully saturated rings. The van der Waals surface area contributed by atoms with Crippen LogP contribution in [0.25, 0.3) is 0 Å². The van der Waals surface area contributed by atoms with Crippen LogP contribution in [0.2, 0.25) is 0 Å². The molecule has 0 radical (unpaired) electrons. The maximum Gasteiger partial charge on any atom is 0.340 e. The molecule has 0 aliphatic rings. The molecule has 2 unspecified atom stereocenters. The number of benzene rings is 2. The molecule has 0 bridgehead atoms. The molecule has 26 heavy (non-hydrogen) atoms. The molecule has 138 valence electrons.